The monoisotopic (exact) mass is 271 g/mol. The van der Waals surface area contributed by atoms with Crippen LogP contribution >= 0.6 is 11.8 Å². The van der Waals surface area contributed by atoms with Crippen LogP contribution in [0.2, 0.25) is 0 Å². The van der Waals surface area contributed by atoms with Crippen molar-refractivity contribution in [2.75, 3.05) is 25.2 Å². The smallest absolute Gasteiger partial charge is 0.127 e. The van der Waals surface area contributed by atoms with Gasteiger partial charge in [0, 0.05) is 23.4 Å². The maximum atomic E-state index is 13.3. The molecule has 18 heavy (non-hydrogen) atoms. The van der Waals surface area contributed by atoms with Crippen LogP contribution in [0.1, 0.15) is 31.9 Å². The van der Waals surface area contributed by atoms with E-state index in [0.29, 0.717) is 12.4 Å². The molecular weight excluding hydrogens is 249 g/mol. The molecule has 1 aromatic carbocycles. The van der Waals surface area contributed by atoms with Crippen LogP contribution in [0.5, 0.6) is 5.75 Å². The van der Waals surface area contributed by atoms with E-state index in [9.17, 15) is 4.39 Å². The number of nitrogens with one attached hydrogen (secondary N) is 1. The summed E-state index contributed by atoms with van der Waals surface area (Å²) in [5.74, 6) is 1.31. The first kappa shape index (κ1) is 15.3. The lowest BCUT2D eigenvalue weighted by atomic mass is 10.1. The minimum Gasteiger partial charge on any atom is -0.492 e. The predicted molar refractivity (Wildman–Crippen MR) is 77.0 cm³/mol. The zero-order chi connectivity index (χ0) is 13.4. The van der Waals surface area contributed by atoms with E-state index in [-0.39, 0.29) is 11.9 Å². The first-order valence-corrected chi connectivity index (χ1v) is 7.73. The Morgan fingerprint density at radius 3 is 2.89 bits per heavy atom. The lowest BCUT2D eigenvalue weighted by Gasteiger charge is -2.18. The molecule has 0 amide bonds. The Bertz CT molecular complexity index is 360. The van der Waals surface area contributed by atoms with Crippen LogP contribution in [0.15, 0.2) is 18.2 Å². The van der Waals surface area contributed by atoms with E-state index in [1.54, 1.807) is 17.8 Å². The number of halogens is 1. The second kappa shape index (κ2) is 8.38. The topological polar surface area (TPSA) is 21.3 Å². The fourth-order valence-electron chi connectivity index (χ4n) is 1.70. The zero-order valence-electron chi connectivity index (χ0n) is 11.3. The largest absolute Gasteiger partial charge is 0.492 e. The molecule has 0 spiro atoms. The highest BCUT2D eigenvalue weighted by Gasteiger charge is 2.12. The summed E-state index contributed by atoms with van der Waals surface area (Å²) in [7, 11) is 0. The van der Waals surface area contributed by atoms with E-state index in [0.717, 1.165) is 24.3 Å². The fourth-order valence-corrected chi connectivity index (χ4v) is 1.95. The summed E-state index contributed by atoms with van der Waals surface area (Å²) in [6, 6.07) is 4.94. The predicted octanol–water partition coefficient (Wildman–Crippen LogP) is 3.63. The quantitative estimate of drug-likeness (QED) is 0.730. The number of rotatable bonds is 8. The lowest BCUT2D eigenvalue weighted by Crippen LogP contribution is -2.20. The van der Waals surface area contributed by atoms with Crippen LogP contribution in [-0.2, 0) is 0 Å². The summed E-state index contributed by atoms with van der Waals surface area (Å²) in [6.07, 6.45) is 3.11. The van der Waals surface area contributed by atoms with Crippen LogP contribution < -0.4 is 10.1 Å². The molecule has 1 aromatic rings. The molecule has 0 saturated heterocycles. The first-order chi connectivity index (χ1) is 8.69. The maximum Gasteiger partial charge on any atom is 0.127 e. The Balaban J connectivity index is 2.74. The molecule has 0 heterocycles. The van der Waals surface area contributed by atoms with Crippen LogP contribution in [-0.4, -0.2) is 25.2 Å². The maximum absolute atomic E-state index is 13.3. The molecule has 0 fully saturated rings. The SMILES string of the molecule is CCCNC(C)c1ccc(F)cc1OCCSC. The van der Waals surface area contributed by atoms with Gasteiger partial charge in [-0.25, -0.2) is 4.39 Å². The molecular formula is C14H22FNOS. The van der Waals surface area contributed by atoms with Crippen LogP contribution in [0, 0.1) is 5.82 Å². The van der Waals surface area contributed by atoms with Crippen molar-refractivity contribution in [3.05, 3.63) is 29.6 Å². The molecule has 102 valence electrons. The average molecular weight is 271 g/mol. The fraction of sp³-hybridized carbons (Fsp3) is 0.571. The molecule has 1 rings (SSSR count). The Labute approximate surface area is 113 Å². The first-order valence-electron chi connectivity index (χ1n) is 6.33. The van der Waals surface area contributed by atoms with Crippen molar-refractivity contribution in [1.82, 2.24) is 5.32 Å². The molecule has 0 aliphatic heterocycles. The van der Waals surface area contributed by atoms with Crippen molar-refractivity contribution in [3.8, 4) is 5.75 Å². The molecule has 4 heteroatoms. The average Bonchev–Trinajstić information content (AvgIpc) is 2.36. The van der Waals surface area contributed by atoms with Crippen molar-refractivity contribution in [3.63, 3.8) is 0 Å². The molecule has 0 aromatic heterocycles. The standard InChI is InChI=1S/C14H22FNOS/c1-4-7-16-11(2)13-6-5-12(15)10-14(13)17-8-9-18-3/h5-6,10-11,16H,4,7-9H2,1-3H3. The van der Waals surface area contributed by atoms with E-state index in [1.165, 1.54) is 12.1 Å². The van der Waals surface area contributed by atoms with Crippen molar-refractivity contribution < 1.29 is 9.13 Å². The zero-order valence-corrected chi connectivity index (χ0v) is 12.1. The minimum atomic E-state index is -0.249. The number of benzene rings is 1. The molecule has 1 atom stereocenters. The van der Waals surface area contributed by atoms with Gasteiger partial charge in [-0.15, -0.1) is 0 Å². The third-order valence-corrected chi connectivity index (χ3v) is 3.26. The van der Waals surface area contributed by atoms with Gasteiger partial charge in [0.05, 0.1) is 6.61 Å². The molecule has 0 bridgehead atoms. The summed E-state index contributed by atoms with van der Waals surface area (Å²) in [5, 5.41) is 3.39. The Hall–Kier alpha value is -0.740. The van der Waals surface area contributed by atoms with Gasteiger partial charge in [0.1, 0.15) is 11.6 Å². The molecule has 0 aliphatic carbocycles. The second-order valence-electron chi connectivity index (χ2n) is 4.20. The number of hydrogen-bond acceptors (Lipinski definition) is 3. The Morgan fingerprint density at radius 1 is 1.44 bits per heavy atom. The van der Waals surface area contributed by atoms with Gasteiger partial charge < -0.3 is 10.1 Å². The third-order valence-electron chi connectivity index (χ3n) is 2.69. The van der Waals surface area contributed by atoms with Gasteiger partial charge in [0.25, 0.3) is 0 Å². The normalized spacial score (nSPS) is 12.4. The van der Waals surface area contributed by atoms with E-state index in [4.69, 9.17) is 4.74 Å². The number of ether oxygens (including phenoxy) is 1. The summed E-state index contributed by atoms with van der Waals surface area (Å²) in [4.78, 5) is 0. The number of thioether (sulfide) groups is 1. The van der Waals surface area contributed by atoms with E-state index in [2.05, 4.69) is 19.2 Å². The van der Waals surface area contributed by atoms with Gasteiger partial charge in [-0.3, -0.25) is 0 Å². The lowest BCUT2D eigenvalue weighted by molar-refractivity contribution is 0.334. The molecule has 1 unspecified atom stereocenters. The van der Waals surface area contributed by atoms with Crippen LogP contribution in [0.3, 0.4) is 0 Å². The number of hydrogen-bond donors (Lipinski definition) is 1. The van der Waals surface area contributed by atoms with E-state index in [1.807, 2.05) is 6.26 Å². The Kier molecular flexibility index (Phi) is 7.13. The van der Waals surface area contributed by atoms with Crippen molar-refractivity contribution in [2.45, 2.75) is 26.3 Å². The molecule has 2 nitrogen and oxygen atoms in total. The highest BCUT2D eigenvalue weighted by Crippen LogP contribution is 2.26. The summed E-state index contributed by atoms with van der Waals surface area (Å²) >= 11 is 1.72. The van der Waals surface area contributed by atoms with Crippen LogP contribution in [0.4, 0.5) is 4.39 Å². The second-order valence-corrected chi connectivity index (χ2v) is 5.18. The van der Waals surface area contributed by atoms with Crippen molar-refractivity contribution in [1.29, 1.82) is 0 Å². The van der Waals surface area contributed by atoms with Gasteiger partial charge in [0.15, 0.2) is 0 Å². The van der Waals surface area contributed by atoms with E-state index < -0.39 is 0 Å². The van der Waals surface area contributed by atoms with Gasteiger partial charge >= 0.3 is 0 Å². The van der Waals surface area contributed by atoms with Gasteiger partial charge in [-0.1, -0.05) is 13.0 Å². The third kappa shape index (κ3) is 4.86. The molecule has 1 N–H and O–H groups in total. The van der Waals surface area contributed by atoms with Crippen LogP contribution in [0.25, 0.3) is 0 Å². The van der Waals surface area contributed by atoms with Gasteiger partial charge in [0.2, 0.25) is 0 Å². The highest BCUT2D eigenvalue weighted by atomic mass is 32.2. The molecule has 0 radical (unpaired) electrons. The summed E-state index contributed by atoms with van der Waals surface area (Å²) in [5.41, 5.74) is 1.02. The molecule has 0 saturated carbocycles. The summed E-state index contributed by atoms with van der Waals surface area (Å²) < 4.78 is 18.9. The summed E-state index contributed by atoms with van der Waals surface area (Å²) in [6.45, 7) is 5.76. The van der Waals surface area contributed by atoms with E-state index >= 15 is 0 Å². The molecule has 0 aliphatic rings. The van der Waals surface area contributed by atoms with Gasteiger partial charge in [-0.05, 0) is 32.2 Å². The Morgan fingerprint density at radius 2 is 2.22 bits per heavy atom. The van der Waals surface area contributed by atoms with Crippen molar-refractivity contribution in [2.24, 2.45) is 0 Å². The highest BCUT2D eigenvalue weighted by molar-refractivity contribution is 7.98. The van der Waals surface area contributed by atoms with Crippen molar-refractivity contribution >= 4 is 11.8 Å². The minimum absolute atomic E-state index is 0.176. The van der Waals surface area contributed by atoms with Gasteiger partial charge in [-0.2, -0.15) is 11.8 Å².